The summed E-state index contributed by atoms with van der Waals surface area (Å²) in [5.41, 5.74) is 2.83. The Hall–Kier alpha value is -1.83. The van der Waals surface area contributed by atoms with Crippen LogP contribution in [0.15, 0.2) is 78.9 Å². The molecule has 0 spiro atoms. The third-order valence-corrected chi connectivity index (χ3v) is 11.4. The highest BCUT2D eigenvalue weighted by molar-refractivity contribution is 7.40. The van der Waals surface area contributed by atoms with Crippen molar-refractivity contribution in [1.82, 2.24) is 0 Å². The Morgan fingerprint density at radius 3 is 1.39 bits per heavy atom. The lowest BCUT2D eigenvalue weighted by molar-refractivity contribution is 0.712. The van der Waals surface area contributed by atoms with Crippen LogP contribution in [0.3, 0.4) is 0 Å². The van der Waals surface area contributed by atoms with Crippen molar-refractivity contribution in [3.8, 4) is 0 Å². The van der Waals surface area contributed by atoms with Crippen LogP contribution < -0.4 is 15.6 Å². The van der Waals surface area contributed by atoms with Gasteiger partial charge in [-0.25, -0.2) is 0 Å². The first-order valence-electron chi connectivity index (χ1n) is 10.5. The molecule has 0 saturated heterocycles. The van der Waals surface area contributed by atoms with E-state index in [4.69, 9.17) is 11.1 Å². The van der Waals surface area contributed by atoms with Gasteiger partial charge in [-0.15, -0.1) is 11.1 Å². The smallest absolute Gasteiger partial charge is 0.149 e. The Balaban J connectivity index is 2.28. The summed E-state index contributed by atoms with van der Waals surface area (Å²) >= 11 is 7.69. The third-order valence-electron chi connectivity index (χ3n) is 6.08. The van der Waals surface area contributed by atoms with E-state index in [1.165, 1.54) is 26.7 Å². The molecule has 0 nitrogen and oxygen atoms in total. The van der Waals surface area contributed by atoms with Crippen molar-refractivity contribution >= 4 is 34.0 Å². The minimum absolute atomic E-state index is 0.532. The van der Waals surface area contributed by atoms with E-state index in [0.29, 0.717) is 11.8 Å². The summed E-state index contributed by atoms with van der Waals surface area (Å²) in [4.78, 5) is 0. The van der Waals surface area contributed by atoms with Gasteiger partial charge in [0.15, 0.2) is 0 Å². The zero-order chi connectivity index (χ0) is 20.1. The van der Waals surface area contributed by atoms with Crippen molar-refractivity contribution in [2.24, 2.45) is 0 Å². The highest BCUT2D eigenvalue weighted by atomic mass is 35.6. The summed E-state index contributed by atoms with van der Waals surface area (Å²) in [6.07, 6.45) is 2.27. The second-order valence-corrected chi connectivity index (χ2v) is 12.6. The van der Waals surface area contributed by atoms with Gasteiger partial charge >= 0.3 is 0 Å². The Kier molecular flexibility index (Phi) is 6.80. The van der Waals surface area contributed by atoms with Crippen molar-refractivity contribution in [2.75, 3.05) is 0 Å². The lowest BCUT2D eigenvalue weighted by Crippen LogP contribution is -2.63. The average Bonchev–Trinajstić information content (AvgIpc) is 2.78. The van der Waals surface area contributed by atoms with Crippen molar-refractivity contribution in [1.29, 1.82) is 0 Å². The third kappa shape index (κ3) is 4.11. The summed E-state index contributed by atoms with van der Waals surface area (Å²) < 4.78 is 0. The molecule has 2 heteroatoms. The molecule has 0 aliphatic rings. The molecule has 28 heavy (non-hydrogen) atoms. The maximum atomic E-state index is 7.69. The van der Waals surface area contributed by atoms with Crippen molar-refractivity contribution in [2.45, 2.75) is 52.4 Å². The van der Waals surface area contributed by atoms with Crippen LogP contribution in [0.5, 0.6) is 0 Å². The van der Waals surface area contributed by atoms with E-state index >= 15 is 0 Å². The van der Waals surface area contributed by atoms with Gasteiger partial charge in [0.25, 0.3) is 0 Å². The van der Waals surface area contributed by atoms with E-state index in [9.17, 15) is 0 Å². The fraction of sp³-hybridized carbons (Fsp3) is 0.308. The van der Waals surface area contributed by atoms with Gasteiger partial charge in [0.05, 0.1) is 0 Å². The normalized spacial score (nSPS) is 13.9. The fourth-order valence-electron chi connectivity index (χ4n) is 3.75. The SMILES string of the molecule is CCC(C)c1cc(C(C)CC)cc([Si](Cl)(c2ccccc2)c2ccccc2)c1. The van der Waals surface area contributed by atoms with Crippen molar-refractivity contribution in [3.63, 3.8) is 0 Å². The number of hydrogen-bond acceptors (Lipinski definition) is 0. The van der Waals surface area contributed by atoms with Crippen molar-refractivity contribution in [3.05, 3.63) is 90.0 Å². The fourth-order valence-corrected chi connectivity index (χ4v) is 7.87. The van der Waals surface area contributed by atoms with Gasteiger partial charge in [0, 0.05) is 0 Å². The minimum Gasteiger partial charge on any atom is -0.149 e. The van der Waals surface area contributed by atoms with Crippen LogP contribution in [0.4, 0.5) is 0 Å². The second-order valence-electron chi connectivity index (χ2n) is 7.90. The average molecular weight is 407 g/mol. The van der Waals surface area contributed by atoms with E-state index < -0.39 is 7.38 Å². The van der Waals surface area contributed by atoms with Crippen LogP contribution >= 0.6 is 11.1 Å². The zero-order valence-electron chi connectivity index (χ0n) is 17.5. The predicted molar refractivity (Wildman–Crippen MR) is 127 cm³/mol. The summed E-state index contributed by atoms with van der Waals surface area (Å²) in [5.74, 6) is 1.06. The molecule has 0 radical (unpaired) electrons. The summed E-state index contributed by atoms with van der Waals surface area (Å²) in [5, 5.41) is 3.80. The topological polar surface area (TPSA) is 0 Å². The highest BCUT2D eigenvalue weighted by Crippen LogP contribution is 2.26. The maximum Gasteiger partial charge on any atom is 0.247 e. The van der Waals surface area contributed by atoms with Crippen LogP contribution in [0.1, 0.15) is 63.5 Å². The van der Waals surface area contributed by atoms with Crippen molar-refractivity contribution < 1.29 is 0 Å². The molecule has 0 bridgehead atoms. The van der Waals surface area contributed by atoms with E-state index in [-0.39, 0.29) is 0 Å². The van der Waals surface area contributed by atoms with Gasteiger partial charge in [-0.1, -0.05) is 107 Å². The Morgan fingerprint density at radius 1 is 0.643 bits per heavy atom. The Bertz CT molecular complexity index is 821. The summed E-state index contributed by atoms with van der Waals surface area (Å²) in [6, 6.07) is 28.6. The lowest BCUT2D eigenvalue weighted by Gasteiger charge is -2.29. The van der Waals surface area contributed by atoms with Crippen LogP contribution in [-0.2, 0) is 0 Å². The molecule has 146 valence electrons. The number of benzene rings is 3. The molecular formula is C26H31ClSi. The van der Waals surface area contributed by atoms with Crippen LogP contribution in [-0.4, -0.2) is 7.38 Å². The quantitative estimate of drug-likeness (QED) is 0.259. The monoisotopic (exact) mass is 406 g/mol. The Morgan fingerprint density at radius 2 is 1.04 bits per heavy atom. The molecule has 0 amide bonds. The first-order chi connectivity index (χ1) is 13.5. The standard InChI is InChI=1S/C26H31ClSi/c1-5-20(3)22-17-23(21(4)6-2)19-26(18-22)28(27,24-13-9-7-10-14-24)25-15-11-8-12-16-25/h7-21H,5-6H2,1-4H3. The molecule has 0 aliphatic carbocycles. The molecule has 0 fully saturated rings. The largest absolute Gasteiger partial charge is 0.247 e. The maximum absolute atomic E-state index is 7.69. The molecule has 0 saturated carbocycles. The van der Waals surface area contributed by atoms with E-state index in [2.05, 4.69) is 107 Å². The molecule has 3 rings (SSSR count). The summed E-state index contributed by atoms with van der Waals surface area (Å²) in [7, 11) is -2.59. The number of rotatable bonds is 7. The van der Waals surface area contributed by atoms with Crippen LogP contribution in [0, 0.1) is 0 Å². The van der Waals surface area contributed by atoms with Gasteiger partial charge in [0.2, 0.25) is 7.38 Å². The molecule has 2 unspecified atom stereocenters. The second kappa shape index (κ2) is 9.11. The molecule has 0 aromatic heterocycles. The van der Waals surface area contributed by atoms with Gasteiger partial charge in [-0.3, -0.25) is 0 Å². The van der Waals surface area contributed by atoms with Gasteiger partial charge < -0.3 is 0 Å². The molecule has 0 aliphatic heterocycles. The summed E-state index contributed by atoms with van der Waals surface area (Å²) in [6.45, 7) is 9.17. The number of hydrogen-bond donors (Lipinski definition) is 0. The van der Waals surface area contributed by atoms with Gasteiger partial charge in [-0.2, -0.15) is 0 Å². The van der Waals surface area contributed by atoms with Gasteiger partial charge in [0.1, 0.15) is 0 Å². The first kappa shape index (κ1) is 20.9. The van der Waals surface area contributed by atoms with Crippen LogP contribution in [0.2, 0.25) is 0 Å². The Labute approximate surface area is 176 Å². The zero-order valence-corrected chi connectivity index (χ0v) is 19.2. The molecular weight excluding hydrogens is 376 g/mol. The first-order valence-corrected chi connectivity index (χ1v) is 13.5. The van der Waals surface area contributed by atoms with E-state index in [1.54, 1.807) is 0 Å². The molecule has 0 heterocycles. The lowest BCUT2D eigenvalue weighted by atomic mass is 9.92. The number of halogens is 1. The van der Waals surface area contributed by atoms with Gasteiger partial charge in [-0.05, 0) is 51.4 Å². The highest BCUT2D eigenvalue weighted by Gasteiger charge is 2.38. The predicted octanol–water partition coefficient (Wildman–Crippen LogP) is 5.92. The molecule has 3 aromatic rings. The molecule has 2 atom stereocenters. The van der Waals surface area contributed by atoms with E-state index in [0.717, 1.165) is 12.8 Å². The molecule has 3 aromatic carbocycles. The minimum atomic E-state index is -2.59. The van der Waals surface area contributed by atoms with E-state index in [1.807, 2.05) is 0 Å². The van der Waals surface area contributed by atoms with Crippen LogP contribution in [0.25, 0.3) is 0 Å². The molecule has 0 N–H and O–H groups in total.